The number of nitrogens with two attached hydrogens (primary N) is 2. The van der Waals surface area contributed by atoms with E-state index in [1.807, 2.05) is 24.3 Å². The molecule has 0 radical (unpaired) electrons. The lowest BCUT2D eigenvalue weighted by Crippen LogP contribution is -2.54. The number of H-pyrrole nitrogens is 1. The van der Waals surface area contributed by atoms with Gasteiger partial charge < -0.3 is 42.6 Å². The minimum atomic E-state index is -1.22. The fourth-order valence-corrected chi connectivity index (χ4v) is 3.38. The number of rotatable bonds is 14. The number of fused-ring (bicyclic) bond motifs is 1. The van der Waals surface area contributed by atoms with Gasteiger partial charge in [-0.25, -0.2) is 4.79 Å². The summed E-state index contributed by atoms with van der Waals surface area (Å²) in [4.78, 5) is 51.7. The van der Waals surface area contributed by atoms with Crippen molar-refractivity contribution in [2.75, 3.05) is 19.7 Å². The van der Waals surface area contributed by atoms with Gasteiger partial charge in [-0.1, -0.05) is 18.2 Å². The van der Waals surface area contributed by atoms with Crippen LogP contribution in [0.2, 0.25) is 0 Å². The summed E-state index contributed by atoms with van der Waals surface area (Å²) < 4.78 is 0. The van der Waals surface area contributed by atoms with E-state index in [0.717, 1.165) is 16.5 Å². The average molecular weight is 477 g/mol. The van der Waals surface area contributed by atoms with E-state index in [1.54, 1.807) is 6.20 Å². The zero-order chi connectivity index (χ0) is 25.1. The minimum absolute atomic E-state index is 0.0954. The zero-order valence-electron chi connectivity index (χ0n) is 18.8. The van der Waals surface area contributed by atoms with Gasteiger partial charge in [-0.05, 0) is 37.4 Å². The summed E-state index contributed by atoms with van der Waals surface area (Å²) in [6, 6.07) is 4.02. The molecule has 1 heterocycles. The van der Waals surface area contributed by atoms with Crippen LogP contribution in [0.5, 0.6) is 0 Å². The number of benzene rings is 1. The predicted octanol–water partition coefficient (Wildman–Crippen LogP) is -1.67. The molecule has 10 N–H and O–H groups in total. The Morgan fingerprint density at radius 1 is 1.03 bits per heavy atom. The van der Waals surface area contributed by atoms with Crippen molar-refractivity contribution in [3.05, 3.63) is 36.0 Å². The number of nitrogens with one attached hydrogen (secondary N) is 4. The minimum Gasteiger partial charge on any atom is -0.480 e. The summed E-state index contributed by atoms with van der Waals surface area (Å²) in [5, 5.41) is 26.6. The lowest BCUT2D eigenvalue weighted by Gasteiger charge is -2.20. The van der Waals surface area contributed by atoms with Gasteiger partial charge in [0.15, 0.2) is 0 Å². The van der Waals surface area contributed by atoms with E-state index < -0.39 is 55.0 Å². The number of para-hydroxylation sites is 1. The van der Waals surface area contributed by atoms with Crippen LogP contribution in [0.15, 0.2) is 30.5 Å². The molecule has 3 atom stereocenters. The summed E-state index contributed by atoms with van der Waals surface area (Å²) >= 11 is 0. The Labute approximate surface area is 196 Å². The monoisotopic (exact) mass is 476 g/mol. The first-order valence-corrected chi connectivity index (χ1v) is 11.0. The molecule has 186 valence electrons. The van der Waals surface area contributed by atoms with E-state index in [2.05, 4.69) is 20.9 Å². The van der Waals surface area contributed by atoms with Crippen molar-refractivity contribution in [1.82, 2.24) is 20.9 Å². The Balaban J connectivity index is 2.05. The zero-order valence-corrected chi connectivity index (χ0v) is 18.8. The molecule has 0 saturated carbocycles. The molecule has 1 aromatic heterocycles. The smallest absolute Gasteiger partial charge is 0.326 e. The Morgan fingerprint density at radius 3 is 2.44 bits per heavy atom. The molecule has 0 fully saturated rings. The van der Waals surface area contributed by atoms with Crippen LogP contribution < -0.4 is 27.4 Å². The Kier molecular flexibility index (Phi) is 10.5. The fraction of sp³-hybridized carbons (Fsp3) is 0.455. The molecule has 2 aromatic rings. The normalized spacial score (nSPS) is 13.6. The maximum Gasteiger partial charge on any atom is 0.326 e. The first-order valence-electron chi connectivity index (χ1n) is 11.0. The number of carboxylic acids is 1. The molecule has 1 aromatic carbocycles. The molecule has 3 unspecified atom stereocenters. The number of aliphatic hydroxyl groups excluding tert-OH is 1. The number of hydrogen-bond acceptors (Lipinski definition) is 7. The van der Waals surface area contributed by atoms with E-state index >= 15 is 0 Å². The largest absolute Gasteiger partial charge is 0.480 e. The molecule has 34 heavy (non-hydrogen) atoms. The van der Waals surface area contributed by atoms with Crippen LogP contribution in [0.1, 0.15) is 24.8 Å². The van der Waals surface area contributed by atoms with Crippen LogP contribution in [-0.4, -0.2) is 76.7 Å². The number of unbranched alkanes of at least 4 members (excludes halogenated alkanes) is 1. The molecule has 0 spiro atoms. The standard InChI is InChI=1S/C22H32N6O6/c23-8-4-3-7-17(22(33)34)27-19(30)11-26-21(32)18(28-20(31)15(24)12-29)9-13-10-25-16-6-2-1-5-14(13)16/h1-2,5-6,10,15,17-18,25,29H,3-4,7-9,11-12,23-24H2,(H,26,32)(H,27,30)(H,28,31)(H,33,34). The summed E-state index contributed by atoms with van der Waals surface area (Å²) in [5.41, 5.74) is 12.6. The van der Waals surface area contributed by atoms with Gasteiger partial charge in [0.2, 0.25) is 17.7 Å². The van der Waals surface area contributed by atoms with Crippen LogP contribution in [-0.2, 0) is 25.6 Å². The number of aromatic nitrogens is 1. The molecule has 12 heteroatoms. The van der Waals surface area contributed by atoms with Gasteiger partial charge in [0.25, 0.3) is 0 Å². The lowest BCUT2D eigenvalue weighted by atomic mass is 10.0. The number of carboxylic acid groups (broad SMARTS) is 1. The second-order valence-corrected chi connectivity index (χ2v) is 7.87. The third kappa shape index (κ3) is 7.83. The van der Waals surface area contributed by atoms with E-state index in [9.17, 15) is 24.3 Å². The van der Waals surface area contributed by atoms with Gasteiger partial charge in [-0.15, -0.1) is 0 Å². The highest BCUT2D eigenvalue weighted by Gasteiger charge is 2.26. The second kappa shape index (κ2) is 13.3. The van der Waals surface area contributed by atoms with Gasteiger partial charge in [0.1, 0.15) is 18.1 Å². The van der Waals surface area contributed by atoms with E-state index in [4.69, 9.17) is 16.6 Å². The predicted molar refractivity (Wildman–Crippen MR) is 124 cm³/mol. The van der Waals surface area contributed by atoms with Crippen molar-refractivity contribution < 1.29 is 29.4 Å². The van der Waals surface area contributed by atoms with Crippen LogP contribution in [0, 0.1) is 0 Å². The fourth-order valence-electron chi connectivity index (χ4n) is 3.38. The summed E-state index contributed by atoms with van der Waals surface area (Å²) in [7, 11) is 0. The molecule has 12 nitrogen and oxygen atoms in total. The van der Waals surface area contributed by atoms with Gasteiger partial charge in [-0.2, -0.15) is 0 Å². The third-order valence-corrected chi connectivity index (χ3v) is 5.27. The quantitative estimate of drug-likeness (QED) is 0.147. The number of carbonyl (C=O) groups excluding carboxylic acids is 3. The van der Waals surface area contributed by atoms with E-state index in [1.165, 1.54) is 0 Å². The van der Waals surface area contributed by atoms with Crippen molar-refractivity contribution in [1.29, 1.82) is 0 Å². The van der Waals surface area contributed by atoms with E-state index in [0.29, 0.717) is 19.4 Å². The number of carbonyl (C=O) groups is 4. The maximum atomic E-state index is 12.8. The third-order valence-electron chi connectivity index (χ3n) is 5.27. The molecule has 2 rings (SSSR count). The number of hydrogen-bond donors (Lipinski definition) is 8. The molecule has 0 bridgehead atoms. The molecule has 0 aliphatic heterocycles. The van der Waals surface area contributed by atoms with Gasteiger partial charge in [-0.3, -0.25) is 14.4 Å². The topological polar surface area (TPSA) is 213 Å². The second-order valence-electron chi connectivity index (χ2n) is 7.87. The number of aliphatic hydroxyl groups is 1. The first kappa shape index (κ1) is 26.8. The van der Waals surface area contributed by atoms with Crippen LogP contribution >= 0.6 is 0 Å². The Bertz CT molecular complexity index is 993. The van der Waals surface area contributed by atoms with Crippen molar-refractivity contribution in [3.63, 3.8) is 0 Å². The van der Waals surface area contributed by atoms with Crippen LogP contribution in [0.25, 0.3) is 10.9 Å². The average Bonchev–Trinajstić information content (AvgIpc) is 3.23. The maximum absolute atomic E-state index is 12.8. The number of aliphatic carboxylic acids is 1. The van der Waals surface area contributed by atoms with Gasteiger partial charge >= 0.3 is 5.97 Å². The highest BCUT2D eigenvalue weighted by Crippen LogP contribution is 2.19. The van der Waals surface area contributed by atoms with Crippen LogP contribution in [0.4, 0.5) is 0 Å². The summed E-state index contributed by atoms with van der Waals surface area (Å²) in [6.07, 6.45) is 3.18. The van der Waals surface area contributed by atoms with Crippen molar-refractivity contribution >= 4 is 34.6 Å². The first-order chi connectivity index (χ1) is 16.3. The van der Waals surface area contributed by atoms with Gasteiger partial charge in [0.05, 0.1) is 13.2 Å². The molecular weight excluding hydrogens is 444 g/mol. The Morgan fingerprint density at radius 2 is 1.76 bits per heavy atom. The molecule has 3 amide bonds. The summed E-state index contributed by atoms with van der Waals surface area (Å²) in [6.45, 7) is -0.665. The highest BCUT2D eigenvalue weighted by atomic mass is 16.4. The van der Waals surface area contributed by atoms with Crippen molar-refractivity contribution in [2.24, 2.45) is 11.5 Å². The molecule has 0 aliphatic carbocycles. The molecular formula is C22H32N6O6. The number of aromatic amines is 1. The number of amides is 3. The summed E-state index contributed by atoms with van der Waals surface area (Å²) in [5.74, 6) is -3.25. The van der Waals surface area contributed by atoms with Gasteiger partial charge in [0, 0.05) is 23.5 Å². The molecule has 0 saturated heterocycles. The lowest BCUT2D eigenvalue weighted by molar-refractivity contribution is -0.142. The SMILES string of the molecule is NCCCCC(NC(=O)CNC(=O)C(Cc1c[nH]c2ccccc12)NC(=O)C(N)CO)C(=O)O. The van der Waals surface area contributed by atoms with Crippen molar-refractivity contribution in [2.45, 2.75) is 43.8 Å². The molecule has 0 aliphatic rings. The van der Waals surface area contributed by atoms with Crippen molar-refractivity contribution in [3.8, 4) is 0 Å². The highest BCUT2D eigenvalue weighted by molar-refractivity contribution is 5.93. The Hall–Kier alpha value is -3.48. The van der Waals surface area contributed by atoms with E-state index in [-0.39, 0.29) is 12.8 Å². The van der Waals surface area contributed by atoms with Crippen LogP contribution in [0.3, 0.4) is 0 Å².